The molecule has 29 heavy (non-hydrogen) atoms. The molecule has 0 amide bonds. The summed E-state index contributed by atoms with van der Waals surface area (Å²) in [6.45, 7) is 0. The Labute approximate surface area is 170 Å². The van der Waals surface area contributed by atoms with Crippen molar-refractivity contribution in [2.24, 2.45) is 17.3 Å². The Morgan fingerprint density at radius 2 is 1.90 bits per heavy atom. The van der Waals surface area contributed by atoms with E-state index in [1.54, 1.807) is 13.2 Å². The highest BCUT2D eigenvalue weighted by molar-refractivity contribution is 6.01. The Balaban J connectivity index is 1.91. The third kappa shape index (κ3) is 2.55. The molecule has 6 nitrogen and oxygen atoms in total. The topological polar surface area (TPSA) is 71.1 Å². The second-order valence-electron chi connectivity index (χ2n) is 7.76. The smallest absolute Gasteiger partial charge is 0.316 e. The lowest BCUT2D eigenvalue weighted by Gasteiger charge is -2.54. The normalized spacial score (nSPS) is 29.2. The highest BCUT2D eigenvalue weighted by Crippen LogP contribution is 2.59. The first kappa shape index (κ1) is 19.9. The van der Waals surface area contributed by atoms with Gasteiger partial charge in [-0.15, -0.1) is 0 Å². The molecule has 0 bridgehead atoms. The summed E-state index contributed by atoms with van der Waals surface area (Å²) >= 11 is 0. The van der Waals surface area contributed by atoms with Gasteiger partial charge in [0.05, 0.1) is 14.2 Å². The molecule has 3 aliphatic carbocycles. The number of ether oxygens (including phenoxy) is 4. The molecule has 154 valence electrons. The van der Waals surface area contributed by atoms with Crippen molar-refractivity contribution in [3.63, 3.8) is 0 Å². The number of carbonyl (C=O) groups excluding carboxylic acids is 2. The van der Waals surface area contributed by atoms with Gasteiger partial charge in [0.25, 0.3) is 0 Å². The molecule has 0 spiro atoms. The van der Waals surface area contributed by atoms with Crippen LogP contribution in [0.2, 0.25) is 0 Å². The van der Waals surface area contributed by atoms with E-state index in [0.29, 0.717) is 6.42 Å². The molecule has 0 fully saturated rings. The minimum atomic E-state index is -1.51. The molecule has 0 saturated carbocycles. The minimum absolute atomic E-state index is 0.136. The van der Waals surface area contributed by atoms with Gasteiger partial charge >= 0.3 is 5.97 Å². The number of hydrogen-bond donors (Lipinski definition) is 0. The molecule has 0 heterocycles. The first-order valence-electron chi connectivity index (χ1n) is 9.78. The molecule has 1 aromatic rings. The van der Waals surface area contributed by atoms with E-state index in [-0.39, 0.29) is 17.7 Å². The first-order chi connectivity index (χ1) is 14.0. The lowest BCUT2D eigenvalue weighted by atomic mass is 9.52. The number of methoxy groups -OCH3 is 4. The van der Waals surface area contributed by atoms with Gasteiger partial charge in [0, 0.05) is 26.1 Å². The van der Waals surface area contributed by atoms with Crippen LogP contribution in [0, 0.1) is 17.3 Å². The van der Waals surface area contributed by atoms with Crippen molar-refractivity contribution in [3.05, 3.63) is 47.6 Å². The summed E-state index contributed by atoms with van der Waals surface area (Å²) in [5.74, 6) is -1.99. The van der Waals surface area contributed by atoms with Gasteiger partial charge in [0.15, 0.2) is 0 Å². The SMILES string of the molecule is COC(=O)[C@@]12C=CC(=O)C(OC)(OC)[C@@H]1CC=C1c3ccc(OC)cc3CC[C@@H]12. The Bertz CT molecular complexity index is 910. The highest BCUT2D eigenvalue weighted by atomic mass is 16.7. The van der Waals surface area contributed by atoms with Gasteiger partial charge in [-0.25, -0.2) is 0 Å². The molecule has 3 aliphatic rings. The van der Waals surface area contributed by atoms with E-state index in [4.69, 9.17) is 18.9 Å². The standard InChI is InChI=1S/C23H26O6/c1-26-15-6-7-16-14(13-15)5-9-18-17(16)8-10-19-22(18,21(25)27-2)12-11-20(24)23(19,28-3)29-4/h6-8,11-13,18-19H,5,9-10H2,1-4H3/t18-,19+,22+/m0/s1. The van der Waals surface area contributed by atoms with Crippen LogP contribution in [0.1, 0.15) is 24.0 Å². The van der Waals surface area contributed by atoms with Crippen molar-refractivity contribution in [2.45, 2.75) is 25.0 Å². The predicted octanol–water partition coefficient (Wildman–Crippen LogP) is 2.95. The van der Waals surface area contributed by atoms with E-state index in [0.717, 1.165) is 29.7 Å². The number of benzene rings is 1. The maximum Gasteiger partial charge on any atom is 0.316 e. The predicted molar refractivity (Wildman–Crippen MR) is 106 cm³/mol. The quantitative estimate of drug-likeness (QED) is 0.574. The van der Waals surface area contributed by atoms with E-state index in [1.165, 1.54) is 33.0 Å². The third-order valence-corrected chi connectivity index (χ3v) is 6.89. The fraction of sp³-hybridized carbons (Fsp3) is 0.478. The lowest BCUT2D eigenvalue weighted by molar-refractivity contribution is -0.249. The van der Waals surface area contributed by atoms with Gasteiger partial charge in [-0.05, 0) is 54.2 Å². The fourth-order valence-corrected chi connectivity index (χ4v) is 5.56. The van der Waals surface area contributed by atoms with E-state index in [9.17, 15) is 9.59 Å². The van der Waals surface area contributed by atoms with Gasteiger partial charge in [-0.1, -0.05) is 18.2 Å². The number of aryl methyl sites for hydroxylation is 1. The van der Waals surface area contributed by atoms with Crippen molar-refractivity contribution in [2.75, 3.05) is 28.4 Å². The largest absolute Gasteiger partial charge is 0.497 e. The van der Waals surface area contributed by atoms with Gasteiger partial charge in [0.1, 0.15) is 11.2 Å². The molecule has 3 atom stereocenters. The number of rotatable bonds is 4. The van der Waals surface area contributed by atoms with Crippen LogP contribution < -0.4 is 4.74 Å². The zero-order chi connectivity index (χ0) is 20.8. The molecular weight excluding hydrogens is 372 g/mol. The maximum atomic E-state index is 13.3. The average Bonchev–Trinajstić information content (AvgIpc) is 2.77. The second-order valence-corrected chi connectivity index (χ2v) is 7.76. The maximum absolute atomic E-state index is 13.3. The zero-order valence-electron chi connectivity index (χ0n) is 17.2. The number of ketones is 1. The molecule has 0 aromatic heterocycles. The monoisotopic (exact) mass is 398 g/mol. The molecule has 0 N–H and O–H groups in total. The van der Waals surface area contributed by atoms with Crippen molar-refractivity contribution in [1.29, 1.82) is 0 Å². The van der Waals surface area contributed by atoms with E-state index in [1.807, 2.05) is 6.07 Å². The van der Waals surface area contributed by atoms with Gasteiger partial charge in [0.2, 0.25) is 11.6 Å². The second kappa shape index (κ2) is 7.11. The van der Waals surface area contributed by atoms with Crippen LogP contribution in [0.5, 0.6) is 5.75 Å². The minimum Gasteiger partial charge on any atom is -0.497 e. The van der Waals surface area contributed by atoms with Crippen molar-refractivity contribution in [1.82, 2.24) is 0 Å². The van der Waals surface area contributed by atoms with Gasteiger partial charge in [-0.2, -0.15) is 0 Å². The van der Waals surface area contributed by atoms with Gasteiger partial charge < -0.3 is 18.9 Å². The van der Waals surface area contributed by atoms with Crippen LogP contribution in [0.25, 0.3) is 5.57 Å². The Morgan fingerprint density at radius 3 is 2.55 bits per heavy atom. The molecule has 1 aromatic carbocycles. The number of esters is 1. The zero-order valence-corrected chi connectivity index (χ0v) is 17.2. The average molecular weight is 398 g/mol. The number of hydrogen-bond acceptors (Lipinski definition) is 6. The number of fused-ring (bicyclic) bond motifs is 5. The van der Waals surface area contributed by atoms with Crippen LogP contribution in [0.3, 0.4) is 0 Å². The van der Waals surface area contributed by atoms with Crippen molar-refractivity contribution in [3.8, 4) is 5.75 Å². The van der Waals surface area contributed by atoms with E-state index in [2.05, 4.69) is 18.2 Å². The van der Waals surface area contributed by atoms with Crippen molar-refractivity contribution < 1.29 is 28.5 Å². The summed E-state index contributed by atoms with van der Waals surface area (Å²) in [4.78, 5) is 26.1. The summed E-state index contributed by atoms with van der Waals surface area (Å²) in [5.41, 5.74) is 2.40. The molecule has 0 aliphatic heterocycles. The van der Waals surface area contributed by atoms with Crippen LogP contribution in [0.15, 0.2) is 36.4 Å². The first-order valence-corrected chi connectivity index (χ1v) is 9.78. The van der Waals surface area contributed by atoms with E-state index < -0.39 is 17.1 Å². The molecule has 4 rings (SSSR count). The highest BCUT2D eigenvalue weighted by Gasteiger charge is 2.65. The van der Waals surface area contributed by atoms with Crippen LogP contribution >= 0.6 is 0 Å². The number of allylic oxidation sites excluding steroid dienone is 2. The molecule has 0 saturated heterocycles. The Kier molecular flexibility index (Phi) is 4.87. The third-order valence-electron chi connectivity index (χ3n) is 6.89. The van der Waals surface area contributed by atoms with Crippen LogP contribution in [-0.4, -0.2) is 46.0 Å². The van der Waals surface area contributed by atoms with Gasteiger partial charge in [-0.3, -0.25) is 9.59 Å². The summed E-state index contributed by atoms with van der Waals surface area (Å²) in [6.07, 6.45) is 7.29. The Morgan fingerprint density at radius 1 is 1.14 bits per heavy atom. The molecular formula is C23H26O6. The fourth-order valence-electron chi connectivity index (χ4n) is 5.56. The Hall–Kier alpha value is -2.44. The number of carbonyl (C=O) groups is 2. The molecule has 6 heteroatoms. The molecule has 0 radical (unpaired) electrons. The lowest BCUT2D eigenvalue weighted by Crippen LogP contribution is -2.63. The summed E-state index contributed by atoms with van der Waals surface area (Å²) in [7, 11) is 5.94. The van der Waals surface area contributed by atoms with Crippen LogP contribution in [-0.2, 0) is 30.2 Å². The van der Waals surface area contributed by atoms with Crippen LogP contribution in [0.4, 0.5) is 0 Å². The molecule has 0 unspecified atom stereocenters. The van der Waals surface area contributed by atoms with Crippen molar-refractivity contribution >= 4 is 17.3 Å². The summed E-state index contributed by atoms with van der Waals surface area (Å²) in [6, 6.07) is 6.04. The summed E-state index contributed by atoms with van der Waals surface area (Å²) < 4.78 is 21.9. The van der Waals surface area contributed by atoms with E-state index >= 15 is 0 Å². The summed E-state index contributed by atoms with van der Waals surface area (Å²) in [5, 5.41) is 0.